The van der Waals surface area contributed by atoms with Gasteiger partial charge in [0.25, 0.3) is 5.56 Å². The molecule has 0 radical (unpaired) electrons. The summed E-state index contributed by atoms with van der Waals surface area (Å²) in [6.45, 7) is 4.33. The lowest BCUT2D eigenvalue weighted by Crippen LogP contribution is -2.54. The first-order valence-electron chi connectivity index (χ1n) is 14.6. The zero-order valence-corrected chi connectivity index (χ0v) is 26.3. The van der Waals surface area contributed by atoms with E-state index in [2.05, 4.69) is 10.3 Å². The van der Waals surface area contributed by atoms with Gasteiger partial charge >= 0.3 is 0 Å². The van der Waals surface area contributed by atoms with E-state index in [4.69, 9.17) is 35.5 Å². The van der Waals surface area contributed by atoms with Gasteiger partial charge in [0.2, 0.25) is 11.9 Å². The average Bonchev–Trinajstić information content (AvgIpc) is 3.52. The number of likely N-dealkylation sites (N-methyl/N-ethyl adjacent to an activating group) is 1. The highest BCUT2D eigenvalue weighted by Gasteiger charge is 2.30. The first-order valence-corrected chi connectivity index (χ1v) is 15.0. The maximum Gasteiger partial charge on any atom is 0.260 e. The molecule has 0 bridgehead atoms. The number of fused-ring (bicyclic) bond motifs is 1. The lowest BCUT2D eigenvalue weighted by molar-refractivity contribution is -0.139. The minimum atomic E-state index is -0.288. The van der Waals surface area contributed by atoms with Gasteiger partial charge in [0, 0.05) is 73.6 Å². The molecular formula is C31H39ClN6O6. The molecule has 1 unspecified atom stereocenters. The zero-order chi connectivity index (χ0) is 31.2. The quantitative estimate of drug-likeness (QED) is 0.284. The number of nitrogens with zero attached hydrogens (tertiary/aromatic N) is 5. The van der Waals surface area contributed by atoms with Crippen molar-refractivity contribution in [3.05, 3.63) is 51.9 Å². The van der Waals surface area contributed by atoms with Crippen LogP contribution in [0, 0.1) is 5.92 Å². The second-order valence-corrected chi connectivity index (χ2v) is 11.6. The fourth-order valence-electron chi connectivity index (χ4n) is 5.16. The Morgan fingerprint density at radius 1 is 1.20 bits per heavy atom. The van der Waals surface area contributed by atoms with Crippen molar-refractivity contribution in [1.82, 2.24) is 24.3 Å². The van der Waals surface area contributed by atoms with Crippen LogP contribution >= 0.6 is 11.6 Å². The van der Waals surface area contributed by atoms with Crippen LogP contribution in [-0.4, -0.2) is 111 Å². The molecule has 4 heterocycles. The minimum absolute atomic E-state index is 0.0342. The summed E-state index contributed by atoms with van der Waals surface area (Å²) in [5.74, 6) is 1.68. The molecule has 3 aromatic rings. The largest absolute Gasteiger partial charge is 0.497 e. The molecular weight excluding hydrogens is 588 g/mol. The number of hydrogen-bond acceptors (Lipinski definition) is 10. The van der Waals surface area contributed by atoms with E-state index < -0.39 is 0 Å². The Hall–Kier alpha value is -3.71. The Morgan fingerprint density at radius 3 is 2.73 bits per heavy atom. The number of carbonyl (C=O) groups excluding carboxylic acids is 1. The van der Waals surface area contributed by atoms with Gasteiger partial charge in [-0.05, 0) is 32.6 Å². The molecule has 5 rings (SSSR count). The van der Waals surface area contributed by atoms with Gasteiger partial charge in [0.15, 0.2) is 0 Å². The van der Waals surface area contributed by atoms with Gasteiger partial charge in [-0.15, -0.1) is 0 Å². The maximum atomic E-state index is 14.1. The third-order valence-corrected chi connectivity index (χ3v) is 8.11. The van der Waals surface area contributed by atoms with Crippen molar-refractivity contribution in [3.8, 4) is 22.6 Å². The Labute approximate surface area is 261 Å². The second kappa shape index (κ2) is 14.4. The van der Waals surface area contributed by atoms with Crippen LogP contribution < -0.4 is 20.3 Å². The number of pyridine rings is 1. The highest BCUT2D eigenvalue weighted by molar-refractivity contribution is 6.35. The molecule has 1 aromatic carbocycles. The van der Waals surface area contributed by atoms with Gasteiger partial charge in [-0.25, -0.2) is 4.98 Å². The summed E-state index contributed by atoms with van der Waals surface area (Å²) in [4.78, 5) is 39.4. The van der Waals surface area contributed by atoms with E-state index in [0.29, 0.717) is 83.3 Å². The topological polar surface area (TPSA) is 120 Å². The van der Waals surface area contributed by atoms with Crippen molar-refractivity contribution in [2.75, 3.05) is 79.6 Å². The van der Waals surface area contributed by atoms with Gasteiger partial charge in [-0.2, -0.15) is 4.98 Å². The molecule has 236 valence electrons. The summed E-state index contributed by atoms with van der Waals surface area (Å²) in [6, 6.07) is 5.12. The number of methoxy groups -OCH3 is 2. The number of likely N-dealkylation sites (tertiary alicyclic amines) is 1. The lowest BCUT2D eigenvalue weighted by atomic mass is 10.0. The molecule has 1 amide bonds. The highest BCUT2D eigenvalue weighted by atomic mass is 35.5. The van der Waals surface area contributed by atoms with E-state index in [-0.39, 0.29) is 30.7 Å². The number of carbonyl (C=O) groups is 1. The van der Waals surface area contributed by atoms with Crippen molar-refractivity contribution in [3.63, 3.8) is 0 Å². The van der Waals surface area contributed by atoms with Crippen molar-refractivity contribution in [1.29, 1.82) is 0 Å². The molecule has 44 heavy (non-hydrogen) atoms. The van der Waals surface area contributed by atoms with Gasteiger partial charge in [0.05, 0.1) is 45.1 Å². The Kier molecular flexibility index (Phi) is 10.4. The van der Waals surface area contributed by atoms with E-state index in [1.165, 1.54) is 14.2 Å². The van der Waals surface area contributed by atoms with Crippen LogP contribution in [0.15, 0.2) is 41.3 Å². The second-order valence-electron chi connectivity index (χ2n) is 11.2. The fraction of sp³-hybridized carbons (Fsp3) is 0.484. The van der Waals surface area contributed by atoms with E-state index in [0.717, 1.165) is 13.0 Å². The van der Waals surface area contributed by atoms with E-state index in [1.807, 2.05) is 25.1 Å². The highest BCUT2D eigenvalue weighted by Crippen LogP contribution is 2.38. The Balaban J connectivity index is 1.38. The van der Waals surface area contributed by atoms with E-state index in [1.54, 1.807) is 39.9 Å². The lowest BCUT2D eigenvalue weighted by Gasteiger charge is -2.38. The summed E-state index contributed by atoms with van der Waals surface area (Å²) in [6.07, 6.45) is 6.01. The molecule has 1 N–H and O–H groups in total. The van der Waals surface area contributed by atoms with Crippen LogP contribution in [-0.2, 0) is 20.8 Å². The van der Waals surface area contributed by atoms with Crippen LogP contribution in [0.25, 0.3) is 22.2 Å². The van der Waals surface area contributed by atoms with Crippen LogP contribution in [0.1, 0.15) is 6.42 Å². The smallest absolute Gasteiger partial charge is 0.260 e. The number of hydrogen-bond donors (Lipinski definition) is 1. The summed E-state index contributed by atoms with van der Waals surface area (Å²) < 4.78 is 24.0. The first-order chi connectivity index (χ1) is 21.3. The monoisotopic (exact) mass is 626 g/mol. The molecule has 0 spiro atoms. The van der Waals surface area contributed by atoms with Crippen molar-refractivity contribution < 1.29 is 23.7 Å². The molecule has 2 aliphatic rings. The zero-order valence-electron chi connectivity index (χ0n) is 25.5. The predicted octanol–water partition coefficient (Wildman–Crippen LogP) is 2.92. The minimum Gasteiger partial charge on any atom is -0.497 e. The van der Waals surface area contributed by atoms with Gasteiger partial charge in [0.1, 0.15) is 17.1 Å². The third kappa shape index (κ3) is 7.32. The number of amides is 1. The number of ether oxygens (including phenoxy) is 4. The molecule has 0 saturated carbocycles. The Morgan fingerprint density at radius 2 is 2.02 bits per heavy atom. The van der Waals surface area contributed by atoms with Crippen LogP contribution in [0.5, 0.6) is 11.5 Å². The number of rotatable bonds is 13. The number of nitrogens with one attached hydrogen (secondary N) is 1. The number of anilines is 1. The molecule has 2 fully saturated rings. The van der Waals surface area contributed by atoms with Gasteiger partial charge in [-0.1, -0.05) is 17.7 Å². The van der Waals surface area contributed by atoms with Crippen molar-refractivity contribution in [2.24, 2.45) is 5.92 Å². The number of aromatic nitrogens is 3. The summed E-state index contributed by atoms with van der Waals surface area (Å²) in [7, 11) is 6.95. The molecule has 2 aliphatic heterocycles. The average molecular weight is 627 g/mol. The SMILES string of the molecule is COc1cc(OC)c(Cl)c(-c2cc3cnc(NCC4CCOC4)nc3n(CCOC3CN(C(=O)C=CCN(C)C)C3)c2=O)c1. The van der Waals surface area contributed by atoms with Crippen LogP contribution in [0.2, 0.25) is 5.02 Å². The molecule has 2 saturated heterocycles. The first kappa shape index (κ1) is 31.7. The predicted molar refractivity (Wildman–Crippen MR) is 169 cm³/mol. The third-order valence-electron chi connectivity index (χ3n) is 7.72. The molecule has 2 aromatic heterocycles. The van der Waals surface area contributed by atoms with Crippen LogP contribution in [0.3, 0.4) is 0 Å². The fourth-order valence-corrected chi connectivity index (χ4v) is 5.45. The number of benzene rings is 1. The molecule has 12 nitrogen and oxygen atoms in total. The number of halogens is 1. The van der Waals surface area contributed by atoms with Gasteiger partial charge in [-0.3, -0.25) is 14.2 Å². The summed E-state index contributed by atoms with van der Waals surface area (Å²) >= 11 is 6.69. The summed E-state index contributed by atoms with van der Waals surface area (Å²) in [5.41, 5.74) is 1.02. The molecule has 1 atom stereocenters. The van der Waals surface area contributed by atoms with Crippen molar-refractivity contribution in [2.45, 2.75) is 19.1 Å². The summed E-state index contributed by atoms with van der Waals surface area (Å²) in [5, 5.41) is 4.25. The van der Waals surface area contributed by atoms with E-state index >= 15 is 0 Å². The molecule has 13 heteroatoms. The van der Waals surface area contributed by atoms with E-state index in [9.17, 15) is 9.59 Å². The van der Waals surface area contributed by atoms with Gasteiger partial charge < -0.3 is 34.1 Å². The normalized spacial score (nSPS) is 17.0. The Bertz CT molecular complexity index is 1570. The molecule has 0 aliphatic carbocycles. The standard InChI is InChI=1S/C31H39ClN6O6/c1-36(2)8-5-6-27(39)37-17-23(18-37)44-11-9-38-29-21(16-34-31(35-29)33-15-20-7-10-43-19-20)12-25(30(38)40)24-13-22(41-3)14-26(42-4)28(24)32/h5-6,12-14,16,20,23H,7-11,15,17-19H2,1-4H3,(H,33,34,35). The van der Waals surface area contributed by atoms with Crippen molar-refractivity contribution >= 4 is 34.5 Å². The maximum absolute atomic E-state index is 14.1. The van der Waals surface area contributed by atoms with Crippen LogP contribution in [0.4, 0.5) is 5.95 Å².